The van der Waals surface area contributed by atoms with E-state index in [1.54, 1.807) is 6.07 Å². The molecule has 29 heavy (non-hydrogen) atoms. The lowest BCUT2D eigenvalue weighted by Gasteiger charge is -2.12. The van der Waals surface area contributed by atoms with Crippen molar-refractivity contribution < 1.29 is 4.79 Å². The highest BCUT2D eigenvalue weighted by atomic mass is 35.5. The van der Waals surface area contributed by atoms with Crippen LogP contribution in [0, 0.1) is 17.8 Å². The van der Waals surface area contributed by atoms with Crippen LogP contribution < -0.4 is 11.2 Å². The first-order chi connectivity index (χ1) is 13.9. The summed E-state index contributed by atoms with van der Waals surface area (Å²) in [5.41, 5.74) is 9.74. The van der Waals surface area contributed by atoms with Gasteiger partial charge < -0.3 is 10.7 Å². The van der Waals surface area contributed by atoms with E-state index in [0.29, 0.717) is 33.0 Å². The van der Waals surface area contributed by atoms with Crippen LogP contribution in [0.3, 0.4) is 0 Å². The van der Waals surface area contributed by atoms with Crippen LogP contribution in [0.5, 0.6) is 0 Å². The van der Waals surface area contributed by atoms with E-state index in [1.165, 1.54) is 37.9 Å². The third-order valence-electron chi connectivity index (χ3n) is 7.32. The van der Waals surface area contributed by atoms with Gasteiger partial charge in [0.05, 0.1) is 27.3 Å². The third kappa shape index (κ3) is 2.12. The fraction of sp³-hybridized carbons (Fsp3) is 0.364. The van der Waals surface area contributed by atoms with Crippen LogP contribution >= 0.6 is 11.6 Å². The summed E-state index contributed by atoms with van der Waals surface area (Å²) in [7, 11) is 0. The zero-order chi connectivity index (χ0) is 20.1. The highest BCUT2D eigenvalue weighted by molar-refractivity contribution is 6.31. The molecule has 3 aliphatic rings. The minimum absolute atomic E-state index is 0.0308. The zero-order valence-corrected chi connectivity index (χ0v) is 16.6. The Balaban J connectivity index is 1.48. The number of carbonyl (C=O) groups excluding carboxylic acids is 1. The Kier molecular flexibility index (Phi) is 3.10. The number of aromatic amines is 1. The molecule has 2 spiro atoms. The molecule has 0 unspecified atom stereocenters. The molecule has 3 aromatic heterocycles. The van der Waals surface area contributed by atoms with E-state index < -0.39 is 5.91 Å². The minimum Gasteiger partial charge on any atom is -0.364 e. The predicted molar refractivity (Wildman–Crippen MR) is 110 cm³/mol. The first-order valence-electron chi connectivity index (χ1n) is 9.87. The summed E-state index contributed by atoms with van der Waals surface area (Å²) < 4.78 is 0. The number of primary amides is 1. The Morgan fingerprint density at radius 3 is 2.55 bits per heavy atom. The zero-order valence-electron chi connectivity index (χ0n) is 15.9. The number of nitrogens with one attached hydrogen (secondary N) is 1. The van der Waals surface area contributed by atoms with Crippen molar-refractivity contribution in [3.63, 3.8) is 0 Å². The minimum atomic E-state index is -0.730. The number of pyridine rings is 3. The van der Waals surface area contributed by atoms with Crippen molar-refractivity contribution in [1.29, 1.82) is 0 Å². The fourth-order valence-electron chi connectivity index (χ4n) is 5.71. The number of fused-ring (bicyclic) bond motifs is 2. The molecule has 3 fully saturated rings. The Hall–Kier alpha value is -2.73. The normalized spacial score (nSPS) is 20.3. The van der Waals surface area contributed by atoms with Crippen molar-refractivity contribution in [2.75, 3.05) is 0 Å². The molecule has 6 rings (SSSR count). The molecule has 0 aromatic carbocycles. The fourth-order valence-corrected chi connectivity index (χ4v) is 5.97. The van der Waals surface area contributed by atoms with E-state index in [2.05, 4.69) is 9.97 Å². The van der Waals surface area contributed by atoms with Crippen molar-refractivity contribution in [2.45, 2.75) is 38.5 Å². The molecule has 0 bridgehead atoms. The molecule has 0 saturated heterocycles. The molecule has 0 radical (unpaired) electrons. The lowest BCUT2D eigenvalue weighted by Crippen LogP contribution is -2.17. The molecule has 3 heterocycles. The second-order valence-electron chi connectivity index (χ2n) is 8.73. The second kappa shape index (κ2) is 5.25. The number of hydrogen-bond acceptors (Lipinski definition) is 4. The molecule has 3 N–H and O–H groups in total. The molecule has 146 valence electrons. The standard InChI is InChI=1S/C22H19ClN4O2/c1-10-11(8-12(23)17(26-10)19-21(3-4-21)22(19)5-6-22)14-9-15(28)16-13(27-14)2-7-25-18(16)20(24)29/h2,7-9,19H,3-6H2,1H3,(H2,24,29)(H,27,28). The number of nitrogens with zero attached hydrogens (tertiary/aromatic N) is 2. The van der Waals surface area contributed by atoms with Crippen molar-refractivity contribution in [2.24, 2.45) is 16.6 Å². The van der Waals surface area contributed by atoms with E-state index in [0.717, 1.165) is 17.0 Å². The van der Waals surface area contributed by atoms with E-state index >= 15 is 0 Å². The van der Waals surface area contributed by atoms with Gasteiger partial charge in [-0.25, -0.2) is 0 Å². The number of rotatable bonds is 3. The highest BCUT2D eigenvalue weighted by Gasteiger charge is 2.87. The Morgan fingerprint density at radius 2 is 1.93 bits per heavy atom. The maximum Gasteiger partial charge on any atom is 0.268 e. The molecule has 0 atom stereocenters. The van der Waals surface area contributed by atoms with E-state index in [4.69, 9.17) is 22.3 Å². The van der Waals surface area contributed by atoms with Gasteiger partial charge in [0.25, 0.3) is 5.91 Å². The van der Waals surface area contributed by atoms with Crippen LogP contribution in [-0.4, -0.2) is 20.9 Å². The molecule has 3 saturated carbocycles. The predicted octanol–water partition coefficient (Wildman–Crippen LogP) is 3.70. The maximum atomic E-state index is 12.7. The van der Waals surface area contributed by atoms with E-state index in [-0.39, 0.29) is 16.5 Å². The van der Waals surface area contributed by atoms with Crippen LogP contribution in [0.25, 0.3) is 22.2 Å². The number of halogens is 1. The van der Waals surface area contributed by atoms with Gasteiger partial charge in [0, 0.05) is 29.4 Å². The summed E-state index contributed by atoms with van der Waals surface area (Å²) in [4.78, 5) is 36.4. The highest BCUT2D eigenvalue weighted by Crippen LogP contribution is 2.95. The number of amides is 1. The van der Waals surface area contributed by atoms with Gasteiger partial charge in [-0.2, -0.15) is 0 Å². The number of aromatic nitrogens is 3. The topological polar surface area (TPSA) is 102 Å². The van der Waals surface area contributed by atoms with Gasteiger partial charge in [0.1, 0.15) is 5.69 Å². The monoisotopic (exact) mass is 406 g/mol. The van der Waals surface area contributed by atoms with Gasteiger partial charge in [-0.3, -0.25) is 19.6 Å². The first-order valence-corrected chi connectivity index (χ1v) is 10.2. The summed E-state index contributed by atoms with van der Waals surface area (Å²) in [6, 6.07) is 5.03. The Labute approximate surface area is 171 Å². The van der Waals surface area contributed by atoms with Gasteiger partial charge in [-0.15, -0.1) is 0 Å². The van der Waals surface area contributed by atoms with E-state index in [9.17, 15) is 9.59 Å². The van der Waals surface area contributed by atoms with Crippen molar-refractivity contribution in [3.8, 4) is 11.3 Å². The quantitative estimate of drug-likeness (QED) is 0.692. The summed E-state index contributed by atoms with van der Waals surface area (Å²) in [5, 5.41) is 0.862. The SMILES string of the molecule is Cc1nc(C2C3(CC3)C23CC3)c(Cl)cc1-c1cc(=O)c2c(C(N)=O)nccc2[nH]1. The van der Waals surface area contributed by atoms with Gasteiger partial charge in [-0.05, 0) is 55.6 Å². The third-order valence-corrected chi connectivity index (χ3v) is 7.63. The molecule has 1 amide bonds. The van der Waals surface area contributed by atoms with Crippen LogP contribution in [0.4, 0.5) is 0 Å². The van der Waals surface area contributed by atoms with Crippen molar-refractivity contribution in [3.05, 3.63) is 56.7 Å². The number of carbonyl (C=O) groups is 1. The molecular formula is C22H19ClN4O2. The lowest BCUT2D eigenvalue weighted by atomic mass is 10.0. The van der Waals surface area contributed by atoms with Gasteiger partial charge >= 0.3 is 0 Å². The van der Waals surface area contributed by atoms with Crippen LogP contribution in [0.1, 0.15) is 53.5 Å². The Morgan fingerprint density at radius 1 is 1.24 bits per heavy atom. The van der Waals surface area contributed by atoms with Gasteiger partial charge in [-0.1, -0.05) is 11.6 Å². The number of H-pyrrole nitrogens is 1. The van der Waals surface area contributed by atoms with Crippen molar-refractivity contribution >= 4 is 28.4 Å². The average Bonchev–Trinajstić information content (AvgIpc) is 3.60. The van der Waals surface area contributed by atoms with Gasteiger partial charge in [0.2, 0.25) is 0 Å². The summed E-state index contributed by atoms with van der Waals surface area (Å²) >= 11 is 6.70. The summed E-state index contributed by atoms with van der Waals surface area (Å²) in [6.07, 6.45) is 6.64. The maximum absolute atomic E-state index is 12.7. The Bertz CT molecular complexity index is 1290. The number of nitrogens with two attached hydrogens (primary N) is 1. The van der Waals surface area contributed by atoms with Crippen LogP contribution in [0.2, 0.25) is 5.02 Å². The number of hydrogen-bond donors (Lipinski definition) is 2. The molecular weight excluding hydrogens is 388 g/mol. The van der Waals surface area contributed by atoms with Crippen LogP contribution in [-0.2, 0) is 0 Å². The van der Waals surface area contributed by atoms with Crippen LogP contribution in [0.15, 0.2) is 29.2 Å². The lowest BCUT2D eigenvalue weighted by molar-refractivity contribution is 0.0997. The molecule has 7 heteroatoms. The average molecular weight is 407 g/mol. The van der Waals surface area contributed by atoms with Crippen molar-refractivity contribution in [1.82, 2.24) is 15.0 Å². The van der Waals surface area contributed by atoms with Gasteiger partial charge in [0.15, 0.2) is 5.43 Å². The number of aryl methyl sites for hydroxylation is 1. The largest absolute Gasteiger partial charge is 0.364 e. The molecule has 3 aromatic rings. The summed E-state index contributed by atoms with van der Waals surface area (Å²) in [5.74, 6) is -0.235. The second-order valence-corrected chi connectivity index (χ2v) is 9.13. The molecule has 0 aliphatic heterocycles. The smallest absolute Gasteiger partial charge is 0.268 e. The molecule has 3 aliphatic carbocycles. The summed E-state index contributed by atoms with van der Waals surface area (Å²) in [6.45, 7) is 1.95. The first kappa shape index (κ1) is 17.2. The molecule has 6 nitrogen and oxygen atoms in total. The van der Waals surface area contributed by atoms with E-state index in [1.807, 2.05) is 13.0 Å².